The summed E-state index contributed by atoms with van der Waals surface area (Å²) in [5.74, 6) is 1.40. The lowest BCUT2D eigenvalue weighted by Crippen LogP contribution is -2.51. The number of imide groups is 1. The highest BCUT2D eigenvalue weighted by molar-refractivity contribution is 6.07. The SMILES string of the molecule is COc1ccc(CN(CN2C(=O)NC3(CCC(C(C)(C)C)CC3)C2=O)C2CC2)cc1. The number of hydrogen-bond acceptors (Lipinski definition) is 4. The number of benzene rings is 1. The quantitative estimate of drug-likeness (QED) is 0.712. The first-order valence-corrected chi connectivity index (χ1v) is 11.2. The molecule has 1 heterocycles. The van der Waals surface area contributed by atoms with Gasteiger partial charge in [-0.3, -0.25) is 9.69 Å². The fraction of sp³-hybridized carbons (Fsp3) is 0.667. The topological polar surface area (TPSA) is 61.9 Å². The molecule has 4 rings (SSSR count). The Morgan fingerprint density at radius 1 is 1.10 bits per heavy atom. The van der Waals surface area contributed by atoms with Gasteiger partial charge in [0.25, 0.3) is 5.91 Å². The average molecular weight is 414 g/mol. The van der Waals surface area contributed by atoms with Crippen molar-refractivity contribution in [1.82, 2.24) is 15.1 Å². The van der Waals surface area contributed by atoms with Crippen molar-refractivity contribution in [2.75, 3.05) is 13.8 Å². The summed E-state index contributed by atoms with van der Waals surface area (Å²) in [5, 5.41) is 3.08. The third kappa shape index (κ3) is 4.20. The van der Waals surface area contributed by atoms with Gasteiger partial charge < -0.3 is 10.1 Å². The number of carbonyl (C=O) groups is 2. The Morgan fingerprint density at radius 3 is 2.27 bits per heavy atom. The van der Waals surface area contributed by atoms with Crippen LogP contribution in [0.15, 0.2) is 24.3 Å². The third-order valence-electron chi connectivity index (χ3n) is 7.24. The van der Waals surface area contributed by atoms with E-state index in [1.807, 2.05) is 12.1 Å². The molecule has 30 heavy (non-hydrogen) atoms. The predicted molar refractivity (Wildman–Crippen MR) is 116 cm³/mol. The molecule has 1 N–H and O–H groups in total. The Bertz CT molecular complexity index is 787. The molecule has 1 aromatic rings. The normalized spacial score (nSPS) is 27.1. The van der Waals surface area contributed by atoms with Gasteiger partial charge in [0.05, 0.1) is 13.8 Å². The maximum Gasteiger partial charge on any atom is 0.326 e. The van der Waals surface area contributed by atoms with E-state index in [2.05, 4.69) is 43.1 Å². The van der Waals surface area contributed by atoms with Crippen LogP contribution in [0, 0.1) is 11.3 Å². The predicted octanol–water partition coefficient (Wildman–Crippen LogP) is 4.14. The minimum absolute atomic E-state index is 0.0276. The van der Waals surface area contributed by atoms with Crippen LogP contribution in [0.4, 0.5) is 4.79 Å². The molecule has 0 unspecified atom stereocenters. The van der Waals surface area contributed by atoms with Crippen molar-refractivity contribution in [2.45, 2.75) is 77.4 Å². The minimum Gasteiger partial charge on any atom is -0.497 e. The highest BCUT2D eigenvalue weighted by Gasteiger charge is 2.53. The smallest absolute Gasteiger partial charge is 0.326 e. The van der Waals surface area contributed by atoms with E-state index in [4.69, 9.17) is 4.74 Å². The third-order valence-corrected chi connectivity index (χ3v) is 7.24. The number of methoxy groups -OCH3 is 1. The van der Waals surface area contributed by atoms with Gasteiger partial charge in [-0.05, 0) is 67.6 Å². The number of nitrogens with one attached hydrogen (secondary N) is 1. The Morgan fingerprint density at radius 2 is 1.73 bits per heavy atom. The molecule has 3 amide bonds. The zero-order valence-electron chi connectivity index (χ0n) is 18.7. The van der Waals surface area contributed by atoms with Crippen LogP contribution >= 0.6 is 0 Å². The van der Waals surface area contributed by atoms with Crippen LogP contribution in [0.2, 0.25) is 0 Å². The summed E-state index contributed by atoms with van der Waals surface area (Å²) in [4.78, 5) is 29.9. The molecule has 1 aliphatic heterocycles. The van der Waals surface area contributed by atoms with Gasteiger partial charge in [0.2, 0.25) is 0 Å². The lowest BCUT2D eigenvalue weighted by atomic mass is 9.67. The van der Waals surface area contributed by atoms with Crippen molar-refractivity contribution < 1.29 is 14.3 Å². The number of amides is 3. The van der Waals surface area contributed by atoms with E-state index in [1.54, 1.807) is 7.11 Å². The zero-order valence-corrected chi connectivity index (χ0v) is 18.7. The zero-order chi connectivity index (χ0) is 21.5. The van der Waals surface area contributed by atoms with Crippen molar-refractivity contribution in [2.24, 2.45) is 11.3 Å². The summed E-state index contributed by atoms with van der Waals surface area (Å²) in [5.41, 5.74) is 0.720. The Balaban J connectivity index is 1.43. The molecule has 0 radical (unpaired) electrons. The molecule has 1 aromatic carbocycles. The van der Waals surface area contributed by atoms with E-state index in [0.717, 1.165) is 56.4 Å². The maximum absolute atomic E-state index is 13.4. The number of ether oxygens (including phenoxy) is 1. The molecular weight excluding hydrogens is 378 g/mol. The van der Waals surface area contributed by atoms with Crippen LogP contribution < -0.4 is 10.1 Å². The van der Waals surface area contributed by atoms with Crippen LogP contribution in [0.5, 0.6) is 5.75 Å². The van der Waals surface area contributed by atoms with Crippen LogP contribution in [0.25, 0.3) is 0 Å². The van der Waals surface area contributed by atoms with Gasteiger partial charge >= 0.3 is 6.03 Å². The second-order valence-corrected chi connectivity index (χ2v) is 10.4. The van der Waals surface area contributed by atoms with Gasteiger partial charge in [-0.25, -0.2) is 9.69 Å². The number of urea groups is 1. The van der Waals surface area contributed by atoms with E-state index in [1.165, 1.54) is 4.90 Å². The summed E-state index contributed by atoms with van der Waals surface area (Å²) in [7, 11) is 1.66. The van der Waals surface area contributed by atoms with Gasteiger partial charge in [0.15, 0.2) is 0 Å². The highest BCUT2D eigenvalue weighted by Crippen LogP contribution is 2.43. The maximum atomic E-state index is 13.4. The molecule has 164 valence electrons. The fourth-order valence-corrected chi connectivity index (χ4v) is 5.00. The fourth-order valence-electron chi connectivity index (χ4n) is 5.00. The first kappa shape index (κ1) is 21.2. The Hall–Kier alpha value is -2.08. The molecule has 6 nitrogen and oxygen atoms in total. The van der Waals surface area contributed by atoms with Gasteiger partial charge in [0.1, 0.15) is 11.3 Å². The van der Waals surface area contributed by atoms with Crippen LogP contribution in [-0.4, -0.2) is 47.1 Å². The van der Waals surface area contributed by atoms with E-state index < -0.39 is 5.54 Å². The number of nitrogens with zero attached hydrogens (tertiary/aromatic N) is 2. The lowest BCUT2D eigenvalue weighted by molar-refractivity contribution is -0.134. The molecule has 0 bridgehead atoms. The summed E-state index contributed by atoms with van der Waals surface area (Å²) >= 11 is 0. The van der Waals surface area contributed by atoms with E-state index in [0.29, 0.717) is 18.6 Å². The molecule has 2 aliphatic carbocycles. The molecule has 3 aliphatic rings. The number of rotatable bonds is 6. The summed E-state index contributed by atoms with van der Waals surface area (Å²) in [6.45, 7) is 7.90. The van der Waals surface area contributed by atoms with Crippen molar-refractivity contribution in [3.8, 4) is 5.75 Å². The van der Waals surface area contributed by atoms with Crippen LogP contribution in [0.1, 0.15) is 64.9 Å². The largest absolute Gasteiger partial charge is 0.497 e. The van der Waals surface area contributed by atoms with Crippen molar-refractivity contribution in [3.05, 3.63) is 29.8 Å². The average Bonchev–Trinajstić information content (AvgIpc) is 3.53. The van der Waals surface area contributed by atoms with Crippen molar-refractivity contribution in [3.63, 3.8) is 0 Å². The van der Waals surface area contributed by atoms with E-state index in [-0.39, 0.29) is 17.4 Å². The Labute approximate surface area is 179 Å². The molecular formula is C24H35N3O3. The van der Waals surface area contributed by atoms with Gasteiger partial charge in [-0.15, -0.1) is 0 Å². The van der Waals surface area contributed by atoms with Crippen molar-refractivity contribution >= 4 is 11.9 Å². The highest BCUT2D eigenvalue weighted by atomic mass is 16.5. The molecule has 2 saturated carbocycles. The second-order valence-electron chi connectivity index (χ2n) is 10.4. The van der Waals surface area contributed by atoms with E-state index >= 15 is 0 Å². The van der Waals surface area contributed by atoms with E-state index in [9.17, 15) is 9.59 Å². The van der Waals surface area contributed by atoms with Gasteiger partial charge in [-0.1, -0.05) is 32.9 Å². The standard InChI is InChI=1S/C24H35N3O3/c1-23(2,3)18-11-13-24(14-12-18)21(28)27(22(29)25-24)16-26(19-7-8-19)15-17-5-9-20(30-4)10-6-17/h5-6,9-10,18-19H,7-8,11-16H2,1-4H3,(H,25,29). The lowest BCUT2D eigenvalue weighted by Gasteiger charge is -2.40. The molecule has 1 spiro atoms. The van der Waals surface area contributed by atoms with Crippen LogP contribution in [-0.2, 0) is 11.3 Å². The van der Waals surface area contributed by atoms with Gasteiger partial charge in [-0.2, -0.15) is 0 Å². The monoisotopic (exact) mass is 413 g/mol. The summed E-state index contributed by atoms with van der Waals surface area (Å²) in [6.07, 6.45) is 5.72. The first-order chi connectivity index (χ1) is 14.2. The van der Waals surface area contributed by atoms with Gasteiger partial charge in [0, 0.05) is 12.6 Å². The van der Waals surface area contributed by atoms with Crippen LogP contribution in [0.3, 0.4) is 0 Å². The molecule has 3 fully saturated rings. The molecule has 0 aromatic heterocycles. The molecule has 6 heteroatoms. The summed E-state index contributed by atoms with van der Waals surface area (Å²) in [6, 6.07) is 8.23. The van der Waals surface area contributed by atoms with Crippen molar-refractivity contribution in [1.29, 1.82) is 0 Å². The minimum atomic E-state index is -0.686. The first-order valence-electron chi connectivity index (χ1n) is 11.2. The summed E-state index contributed by atoms with van der Waals surface area (Å²) < 4.78 is 5.24. The molecule has 1 saturated heterocycles. The molecule has 0 atom stereocenters. The second kappa shape index (κ2) is 7.88. The Kier molecular flexibility index (Phi) is 5.56. The number of carbonyl (C=O) groups excluding carboxylic acids is 2. The number of hydrogen-bond donors (Lipinski definition) is 1.